The molecule has 0 unspecified atom stereocenters. The molecule has 1 heterocycles. The molecule has 1 aromatic heterocycles. The number of halogens is 2. The van der Waals surface area contributed by atoms with E-state index in [9.17, 15) is 4.79 Å². The SMILES string of the molecule is O=Cc1[nH]c2c(Cl)cccc2c1Cl. The van der Waals surface area contributed by atoms with Gasteiger partial charge in [-0.1, -0.05) is 35.3 Å². The second-order valence-electron chi connectivity index (χ2n) is 2.63. The number of nitrogens with one attached hydrogen (secondary N) is 1. The number of aromatic amines is 1. The maximum Gasteiger partial charge on any atom is 0.167 e. The van der Waals surface area contributed by atoms with Crippen molar-refractivity contribution in [2.75, 3.05) is 0 Å². The van der Waals surface area contributed by atoms with Crippen molar-refractivity contribution in [3.63, 3.8) is 0 Å². The number of benzene rings is 1. The van der Waals surface area contributed by atoms with Gasteiger partial charge in [0.05, 0.1) is 21.3 Å². The van der Waals surface area contributed by atoms with Gasteiger partial charge in [-0.3, -0.25) is 4.79 Å². The molecule has 0 saturated heterocycles. The van der Waals surface area contributed by atoms with E-state index in [0.717, 1.165) is 5.39 Å². The molecular formula is C9H5Cl2NO. The molecule has 0 saturated carbocycles. The molecule has 0 aliphatic carbocycles. The first kappa shape index (κ1) is 8.60. The van der Waals surface area contributed by atoms with Crippen LogP contribution in [-0.2, 0) is 0 Å². The lowest BCUT2D eigenvalue weighted by Crippen LogP contribution is -1.77. The van der Waals surface area contributed by atoms with Crippen LogP contribution in [0.4, 0.5) is 0 Å². The number of carbonyl (C=O) groups is 1. The monoisotopic (exact) mass is 213 g/mol. The molecule has 0 aliphatic heterocycles. The summed E-state index contributed by atoms with van der Waals surface area (Å²) in [5.41, 5.74) is 1.07. The van der Waals surface area contributed by atoms with E-state index in [4.69, 9.17) is 23.2 Å². The zero-order chi connectivity index (χ0) is 9.42. The average Bonchev–Trinajstić information content (AvgIpc) is 2.45. The molecule has 4 heteroatoms. The predicted molar refractivity (Wildman–Crippen MR) is 53.7 cm³/mol. The molecule has 2 rings (SSSR count). The molecule has 0 spiro atoms. The number of fused-ring (bicyclic) bond motifs is 1. The van der Waals surface area contributed by atoms with Crippen molar-refractivity contribution in [1.29, 1.82) is 0 Å². The number of hydrogen-bond donors (Lipinski definition) is 1. The molecule has 0 radical (unpaired) electrons. The van der Waals surface area contributed by atoms with Crippen molar-refractivity contribution in [3.8, 4) is 0 Å². The molecule has 2 aromatic rings. The summed E-state index contributed by atoms with van der Waals surface area (Å²) in [6, 6.07) is 5.34. The van der Waals surface area contributed by atoms with E-state index >= 15 is 0 Å². The van der Waals surface area contributed by atoms with E-state index in [1.807, 2.05) is 6.07 Å². The number of aldehydes is 1. The predicted octanol–water partition coefficient (Wildman–Crippen LogP) is 3.29. The second kappa shape index (κ2) is 3.05. The molecule has 13 heavy (non-hydrogen) atoms. The number of rotatable bonds is 1. The minimum atomic E-state index is 0.366. The molecule has 0 amide bonds. The van der Waals surface area contributed by atoms with Gasteiger partial charge >= 0.3 is 0 Å². The van der Waals surface area contributed by atoms with E-state index in [0.29, 0.717) is 27.5 Å². The van der Waals surface area contributed by atoms with Crippen molar-refractivity contribution in [2.24, 2.45) is 0 Å². The zero-order valence-electron chi connectivity index (χ0n) is 6.47. The Morgan fingerprint density at radius 3 is 2.69 bits per heavy atom. The fourth-order valence-electron chi connectivity index (χ4n) is 1.25. The first-order valence-electron chi connectivity index (χ1n) is 3.65. The Balaban J connectivity index is 2.91. The number of carbonyl (C=O) groups excluding carboxylic acids is 1. The summed E-state index contributed by atoms with van der Waals surface area (Å²) < 4.78 is 0. The lowest BCUT2D eigenvalue weighted by atomic mass is 10.2. The summed E-state index contributed by atoms with van der Waals surface area (Å²) >= 11 is 11.8. The maximum absolute atomic E-state index is 10.5. The Labute approximate surface area is 84.5 Å². The smallest absolute Gasteiger partial charge is 0.167 e. The van der Waals surface area contributed by atoms with Crippen molar-refractivity contribution in [1.82, 2.24) is 4.98 Å². The van der Waals surface area contributed by atoms with Crippen molar-refractivity contribution in [2.45, 2.75) is 0 Å². The van der Waals surface area contributed by atoms with Crippen LogP contribution < -0.4 is 0 Å². The highest BCUT2D eigenvalue weighted by Gasteiger charge is 2.09. The van der Waals surface area contributed by atoms with Gasteiger partial charge in [0.2, 0.25) is 0 Å². The lowest BCUT2D eigenvalue weighted by molar-refractivity contribution is 0.112. The second-order valence-corrected chi connectivity index (χ2v) is 3.42. The minimum absolute atomic E-state index is 0.366. The molecule has 0 bridgehead atoms. The third kappa shape index (κ3) is 1.23. The zero-order valence-corrected chi connectivity index (χ0v) is 7.99. The highest BCUT2D eigenvalue weighted by molar-refractivity contribution is 6.41. The highest BCUT2D eigenvalue weighted by Crippen LogP contribution is 2.30. The maximum atomic E-state index is 10.5. The van der Waals surface area contributed by atoms with Crippen LogP contribution in [0.2, 0.25) is 10.0 Å². The number of para-hydroxylation sites is 1. The van der Waals surface area contributed by atoms with Crippen molar-refractivity contribution >= 4 is 40.4 Å². The van der Waals surface area contributed by atoms with Crippen molar-refractivity contribution < 1.29 is 4.79 Å². The van der Waals surface area contributed by atoms with Crippen LogP contribution in [0.25, 0.3) is 10.9 Å². The van der Waals surface area contributed by atoms with Gasteiger partial charge in [-0.25, -0.2) is 0 Å². The van der Waals surface area contributed by atoms with Gasteiger partial charge in [-0.15, -0.1) is 0 Å². The van der Waals surface area contributed by atoms with Crippen LogP contribution in [0.3, 0.4) is 0 Å². The fourth-order valence-corrected chi connectivity index (χ4v) is 1.72. The molecule has 1 N–H and O–H groups in total. The third-order valence-corrected chi connectivity index (χ3v) is 2.59. The van der Waals surface area contributed by atoms with Gasteiger partial charge in [-0.2, -0.15) is 0 Å². The van der Waals surface area contributed by atoms with Gasteiger partial charge in [0.1, 0.15) is 0 Å². The van der Waals surface area contributed by atoms with Gasteiger partial charge in [-0.05, 0) is 6.07 Å². The Morgan fingerprint density at radius 2 is 2.08 bits per heavy atom. The summed E-state index contributed by atoms with van der Waals surface area (Å²) in [6.07, 6.45) is 0.679. The van der Waals surface area contributed by atoms with Crippen LogP contribution >= 0.6 is 23.2 Å². The van der Waals surface area contributed by atoms with E-state index in [-0.39, 0.29) is 0 Å². The van der Waals surface area contributed by atoms with Crippen LogP contribution in [-0.4, -0.2) is 11.3 Å². The molecule has 66 valence electrons. The Morgan fingerprint density at radius 1 is 1.31 bits per heavy atom. The van der Waals surface area contributed by atoms with Gasteiger partial charge in [0, 0.05) is 5.39 Å². The first-order chi connectivity index (χ1) is 6.24. The number of hydrogen-bond acceptors (Lipinski definition) is 1. The van der Waals surface area contributed by atoms with E-state index in [1.54, 1.807) is 12.1 Å². The molecular weight excluding hydrogens is 209 g/mol. The summed E-state index contributed by atoms with van der Waals surface area (Å²) in [5.74, 6) is 0. The summed E-state index contributed by atoms with van der Waals surface area (Å²) in [6.45, 7) is 0. The fraction of sp³-hybridized carbons (Fsp3) is 0. The summed E-state index contributed by atoms with van der Waals surface area (Å²) in [4.78, 5) is 13.4. The largest absolute Gasteiger partial charge is 0.350 e. The quantitative estimate of drug-likeness (QED) is 0.725. The lowest BCUT2D eigenvalue weighted by Gasteiger charge is -1.91. The van der Waals surface area contributed by atoms with E-state index in [2.05, 4.69) is 4.98 Å². The van der Waals surface area contributed by atoms with Crippen LogP contribution in [0.5, 0.6) is 0 Å². The molecule has 0 aliphatic rings. The standard InChI is InChI=1S/C9H5Cl2NO/c10-6-3-1-2-5-8(11)7(4-13)12-9(5)6/h1-4,12H. The molecule has 1 aromatic carbocycles. The summed E-state index contributed by atoms with van der Waals surface area (Å²) in [5, 5.41) is 1.76. The van der Waals surface area contributed by atoms with Gasteiger partial charge < -0.3 is 4.98 Å². The number of aromatic nitrogens is 1. The molecule has 2 nitrogen and oxygen atoms in total. The average molecular weight is 214 g/mol. The Hall–Kier alpha value is -0.990. The van der Waals surface area contributed by atoms with Crippen molar-refractivity contribution in [3.05, 3.63) is 33.9 Å². The van der Waals surface area contributed by atoms with Crippen LogP contribution in [0.15, 0.2) is 18.2 Å². The normalized spacial score (nSPS) is 10.6. The topological polar surface area (TPSA) is 32.9 Å². The highest BCUT2D eigenvalue weighted by atomic mass is 35.5. The Kier molecular flexibility index (Phi) is 2.02. The van der Waals surface area contributed by atoms with Gasteiger partial charge in [0.15, 0.2) is 6.29 Å². The van der Waals surface area contributed by atoms with E-state index in [1.165, 1.54) is 0 Å². The first-order valence-corrected chi connectivity index (χ1v) is 4.40. The Bertz CT molecular complexity index is 476. The molecule has 0 atom stereocenters. The van der Waals surface area contributed by atoms with Gasteiger partial charge in [0.25, 0.3) is 0 Å². The van der Waals surface area contributed by atoms with E-state index < -0.39 is 0 Å². The molecule has 0 fully saturated rings. The minimum Gasteiger partial charge on any atom is -0.350 e. The third-order valence-electron chi connectivity index (χ3n) is 1.86. The summed E-state index contributed by atoms with van der Waals surface area (Å²) in [7, 11) is 0. The number of H-pyrrole nitrogens is 1. The van der Waals surface area contributed by atoms with Crippen LogP contribution in [0.1, 0.15) is 10.5 Å². The van der Waals surface area contributed by atoms with Crippen LogP contribution in [0, 0.1) is 0 Å².